The number of aliphatic imine (C=N–C) groups is 1. The molecule has 2 aliphatic carbocycles. The van der Waals surface area contributed by atoms with Gasteiger partial charge in [0.15, 0.2) is 0 Å². The zero-order valence-electron chi connectivity index (χ0n) is 12.5. The Morgan fingerprint density at radius 3 is 2.75 bits per heavy atom. The molecule has 20 heavy (non-hydrogen) atoms. The molecule has 0 aromatic rings. The molecule has 5 unspecified atom stereocenters. The standard InChI is InChI=1S/C17H28N2S/c1-2-6-14-12(5-1)9-10-13(18-14)11-17-19-15-7-3-4-8-16(15)20-17/h12-16,18H,1-11H2. The third-order valence-corrected chi connectivity index (χ3v) is 7.33. The van der Waals surface area contributed by atoms with E-state index in [0.717, 1.165) is 23.3 Å². The highest BCUT2D eigenvalue weighted by atomic mass is 32.2. The smallest absolute Gasteiger partial charge is 0.0698 e. The predicted octanol–water partition coefficient (Wildman–Crippen LogP) is 4.14. The van der Waals surface area contributed by atoms with Crippen molar-refractivity contribution in [2.75, 3.05) is 0 Å². The van der Waals surface area contributed by atoms with E-state index in [2.05, 4.69) is 17.1 Å². The first-order valence-corrected chi connectivity index (χ1v) is 9.76. The van der Waals surface area contributed by atoms with Gasteiger partial charge in [-0.3, -0.25) is 4.99 Å². The fraction of sp³-hybridized carbons (Fsp3) is 0.941. The maximum absolute atomic E-state index is 5.05. The molecule has 4 aliphatic rings. The van der Waals surface area contributed by atoms with Crippen molar-refractivity contribution in [3.8, 4) is 0 Å². The molecule has 0 aromatic carbocycles. The van der Waals surface area contributed by atoms with Gasteiger partial charge < -0.3 is 5.32 Å². The van der Waals surface area contributed by atoms with Crippen LogP contribution in [0.3, 0.4) is 0 Å². The monoisotopic (exact) mass is 292 g/mol. The van der Waals surface area contributed by atoms with E-state index in [-0.39, 0.29) is 0 Å². The Morgan fingerprint density at radius 1 is 0.950 bits per heavy atom. The molecule has 0 bridgehead atoms. The van der Waals surface area contributed by atoms with Gasteiger partial charge in [0, 0.05) is 23.8 Å². The lowest BCUT2D eigenvalue weighted by atomic mass is 9.77. The Morgan fingerprint density at radius 2 is 1.80 bits per heavy atom. The van der Waals surface area contributed by atoms with Crippen molar-refractivity contribution >= 4 is 16.8 Å². The van der Waals surface area contributed by atoms with Crippen LogP contribution in [-0.4, -0.2) is 28.4 Å². The van der Waals surface area contributed by atoms with E-state index < -0.39 is 0 Å². The quantitative estimate of drug-likeness (QED) is 0.827. The zero-order chi connectivity index (χ0) is 13.4. The van der Waals surface area contributed by atoms with Gasteiger partial charge in [0.2, 0.25) is 0 Å². The average Bonchev–Trinajstić information content (AvgIpc) is 2.89. The van der Waals surface area contributed by atoms with E-state index in [1.807, 2.05) is 0 Å². The Hall–Kier alpha value is -0.0200. The molecule has 112 valence electrons. The van der Waals surface area contributed by atoms with Crippen molar-refractivity contribution in [3.63, 3.8) is 0 Å². The Labute approximate surface area is 127 Å². The van der Waals surface area contributed by atoms with Crippen molar-refractivity contribution in [2.45, 2.75) is 94.0 Å². The normalized spacial score (nSPS) is 44.6. The Bertz CT molecular complexity index is 381. The van der Waals surface area contributed by atoms with Crippen LogP contribution in [0.1, 0.15) is 70.6 Å². The van der Waals surface area contributed by atoms with Crippen LogP contribution in [0.5, 0.6) is 0 Å². The maximum atomic E-state index is 5.05. The van der Waals surface area contributed by atoms with E-state index >= 15 is 0 Å². The van der Waals surface area contributed by atoms with Crippen LogP contribution in [-0.2, 0) is 0 Å². The van der Waals surface area contributed by atoms with Crippen LogP contribution < -0.4 is 5.32 Å². The van der Waals surface area contributed by atoms with E-state index in [4.69, 9.17) is 4.99 Å². The summed E-state index contributed by atoms with van der Waals surface area (Å²) >= 11 is 2.13. The third kappa shape index (κ3) is 2.81. The number of nitrogens with zero attached hydrogens (tertiary/aromatic N) is 1. The minimum Gasteiger partial charge on any atom is -0.311 e. The molecule has 1 N–H and O–H groups in total. The van der Waals surface area contributed by atoms with Gasteiger partial charge in [-0.1, -0.05) is 25.7 Å². The van der Waals surface area contributed by atoms with Gasteiger partial charge in [-0.15, -0.1) is 11.8 Å². The number of hydrogen-bond donors (Lipinski definition) is 1. The zero-order valence-corrected chi connectivity index (χ0v) is 13.3. The SMILES string of the molecule is C1CCC2NC(CC3=NC4CCCCC4S3)CCC2C1. The lowest BCUT2D eigenvalue weighted by Crippen LogP contribution is -2.49. The molecule has 2 nitrogen and oxygen atoms in total. The first-order chi connectivity index (χ1) is 9.88. The molecule has 2 heterocycles. The molecule has 4 rings (SSSR count). The number of piperidine rings is 1. The molecule has 1 saturated heterocycles. The Balaban J connectivity index is 1.33. The van der Waals surface area contributed by atoms with Crippen LogP contribution in [0.25, 0.3) is 0 Å². The van der Waals surface area contributed by atoms with Crippen molar-refractivity contribution in [2.24, 2.45) is 10.9 Å². The highest BCUT2D eigenvalue weighted by molar-refractivity contribution is 8.14. The van der Waals surface area contributed by atoms with Gasteiger partial charge >= 0.3 is 0 Å². The molecule has 5 atom stereocenters. The minimum absolute atomic E-state index is 0.676. The number of rotatable bonds is 2. The topological polar surface area (TPSA) is 24.4 Å². The van der Waals surface area contributed by atoms with Crippen LogP contribution in [0.2, 0.25) is 0 Å². The second kappa shape index (κ2) is 6.00. The van der Waals surface area contributed by atoms with Crippen LogP contribution >= 0.6 is 11.8 Å². The summed E-state index contributed by atoms with van der Waals surface area (Å²) in [6.07, 6.45) is 15.5. The fourth-order valence-corrected chi connectivity index (χ4v) is 6.28. The van der Waals surface area contributed by atoms with E-state index in [1.54, 1.807) is 0 Å². The lowest BCUT2D eigenvalue weighted by Gasteiger charge is -2.40. The maximum Gasteiger partial charge on any atom is 0.0698 e. The summed E-state index contributed by atoms with van der Waals surface area (Å²) < 4.78 is 0. The van der Waals surface area contributed by atoms with Crippen molar-refractivity contribution in [1.82, 2.24) is 5.32 Å². The van der Waals surface area contributed by atoms with E-state index in [1.165, 1.54) is 75.7 Å². The van der Waals surface area contributed by atoms with Crippen molar-refractivity contribution in [3.05, 3.63) is 0 Å². The lowest BCUT2D eigenvalue weighted by molar-refractivity contribution is 0.178. The van der Waals surface area contributed by atoms with Gasteiger partial charge in [0.1, 0.15) is 0 Å². The molecule has 0 amide bonds. The molecular weight excluding hydrogens is 264 g/mol. The highest BCUT2D eigenvalue weighted by Crippen LogP contribution is 2.39. The summed E-state index contributed by atoms with van der Waals surface area (Å²) in [5.41, 5.74) is 0. The van der Waals surface area contributed by atoms with Gasteiger partial charge in [-0.2, -0.15) is 0 Å². The first kappa shape index (κ1) is 13.6. The molecule has 2 aliphatic heterocycles. The number of fused-ring (bicyclic) bond motifs is 2. The van der Waals surface area contributed by atoms with E-state index in [9.17, 15) is 0 Å². The number of nitrogens with one attached hydrogen (secondary N) is 1. The molecule has 3 heteroatoms. The molecule has 0 spiro atoms. The molecule has 0 radical (unpaired) electrons. The predicted molar refractivity (Wildman–Crippen MR) is 87.6 cm³/mol. The summed E-state index contributed by atoms with van der Waals surface area (Å²) in [5, 5.41) is 6.29. The van der Waals surface area contributed by atoms with Crippen LogP contribution in [0, 0.1) is 5.92 Å². The average molecular weight is 292 g/mol. The second-order valence-electron chi connectivity index (χ2n) is 7.33. The molecular formula is C17H28N2S. The third-order valence-electron chi connectivity index (χ3n) is 5.93. The molecule has 3 fully saturated rings. The second-order valence-corrected chi connectivity index (χ2v) is 8.64. The van der Waals surface area contributed by atoms with Crippen LogP contribution in [0.15, 0.2) is 4.99 Å². The van der Waals surface area contributed by atoms with Crippen LogP contribution in [0.4, 0.5) is 0 Å². The summed E-state index contributed by atoms with van der Waals surface area (Å²) in [7, 11) is 0. The first-order valence-electron chi connectivity index (χ1n) is 8.88. The summed E-state index contributed by atoms with van der Waals surface area (Å²) in [6.45, 7) is 0. The van der Waals surface area contributed by atoms with Gasteiger partial charge in [0.05, 0.1) is 11.1 Å². The molecule has 0 aromatic heterocycles. The fourth-order valence-electron chi connectivity index (χ4n) is 4.80. The highest BCUT2D eigenvalue weighted by Gasteiger charge is 2.35. The summed E-state index contributed by atoms with van der Waals surface area (Å²) in [5.74, 6) is 0.987. The minimum atomic E-state index is 0.676. The van der Waals surface area contributed by atoms with Gasteiger partial charge in [0.25, 0.3) is 0 Å². The van der Waals surface area contributed by atoms with E-state index in [0.29, 0.717) is 6.04 Å². The number of hydrogen-bond acceptors (Lipinski definition) is 3. The Kier molecular flexibility index (Phi) is 4.09. The van der Waals surface area contributed by atoms with Gasteiger partial charge in [-0.25, -0.2) is 0 Å². The van der Waals surface area contributed by atoms with Gasteiger partial charge in [-0.05, 0) is 44.4 Å². The number of thioether (sulfide) groups is 1. The van der Waals surface area contributed by atoms with Crippen molar-refractivity contribution in [1.29, 1.82) is 0 Å². The summed E-state index contributed by atoms with van der Waals surface area (Å²) in [6, 6.07) is 2.23. The summed E-state index contributed by atoms with van der Waals surface area (Å²) in [4.78, 5) is 5.05. The molecule has 2 saturated carbocycles. The largest absolute Gasteiger partial charge is 0.311 e. The van der Waals surface area contributed by atoms with Crippen molar-refractivity contribution < 1.29 is 0 Å².